The molecule has 1 unspecified atom stereocenters. The molecule has 0 aromatic heterocycles. The molecule has 0 saturated carbocycles. The van der Waals surface area contributed by atoms with Gasteiger partial charge in [-0.1, -0.05) is 13.8 Å². The van der Waals surface area contributed by atoms with E-state index in [1.165, 1.54) is 4.90 Å². The van der Waals surface area contributed by atoms with Gasteiger partial charge in [0.1, 0.15) is 5.84 Å². The predicted molar refractivity (Wildman–Crippen MR) is 109 cm³/mol. The van der Waals surface area contributed by atoms with Crippen molar-refractivity contribution in [1.29, 1.82) is 5.41 Å². The molecule has 4 N–H and O–H groups in total. The zero-order valence-corrected chi connectivity index (χ0v) is 16.6. The highest BCUT2D eigenvalue weighted by atomic mass is 16.2. The SMILES string of the molecule is CC.CNc1cc(N2CCNC(C)C2)ccc1C(=N)N1CCC(=O)NC1=O. The summed E-state index contributed by atoms with van der Waals surface area (Å²) < 4.78 is 0. The second-order valence-corrected chi connectivity index (χ2v) is 6.38. The normalized spacial score (nSPS) is 19.8. The summed E-state index contributed by atoms with van der Waals surface area (Å²) in [6, 6.07) is 5.74. The number of nitrogens with zero attached hydrogens (tertiary/aromatic N) is 2. The third-order valence-corrected chi connectivity index (χ3v) is 4.59. The van der Waals surface area contributed by atoms with Crippen molar-refractivity contribution in [3.63, 3.8) is 0 Å². The first kappa shape index (κ1) is 20.7. The number of hydrogen-bond acceptors (Lipinski definition) is 6. The lowest BCUT2D eigenvalue weighted by Crippen LogP contribution is -2.52. The second-order valence-electron chi connectivity index (χ2n) is 6.38. The van der Waals surface area contributed by atoms with Crippen molar-refractivity contribution >= 4 is 29.1 Å². The zero-order chi connectivity index (χ0) is 20.0. The molecule has 148 valence electrons. The van der Waals surface area contributed by atoms with Crippen LogP contribution >= 0.6 is 0 Å². The van der Waals surface area contributed by atoms with Gasteiger partial charge in [-0.25, -0.2) is 4.79 Å². The van der Waals surface area contributed by atoms with E-state index in [4.69, 9.17) is 5.41 Å². The average molecular weight is 374 g/mol. The summed E-state index contributed by atoms with van der Waals surface area (Å²) in [7, 11) is 1.80. The molecule has 1 aromatic carbocycles. The molecule has 0 spiro atoms. The number of amides is 3. The number of hydrogen-bond donors (Lipinski definition) is 4. The summed E-state index contributed by atoms with van der Waals surface area (Å²) in [5.74, 6) is -0.208. The number of piperazine rings is 1. The van der Waals surface area contributed by atoms with Crippen molar-refractivity contribution in [3.8, 4) is 0 Å². The largest absolute Gasteiger partial charge is 0.387 e. The Morgan fingerprint density at radius 1 is 1.26 bits per heavy atom. The maximum atomic E-state index is 12.0. The van der Waals surface area contributed by atoms with Gasteiger partial charge in [0.2, 0.25) is 5.91 Å². The van der Waals surface area contributed by atoms with Gasteiger partial charge in [-0.05, 0) is 25.1 Å². The van der Waals surface area contributed by atoms with E-state index in [9.17, 15) is 9.59 Å². The van der Waals surface area contributed by atoms with Gasteiger partial charge in [0, 0.05) is 62.6 Å². The lowest BCUT2D eigenvalue weighted by molar-refractivity contribution is -0.121. The molecular weight excluding hydrogens is 344 g/mol. The van der Waals surface area contributed by atoms with Gasteiger partial charge >= 0.3 is 6.03 Å². The average Bonchev–Trinajstić information content (AvgIpc) is 2.68. The number of nitrogens with one attached hydrogen (secondary N) is 4. The Balaban J connectivity index is 0.00000126. The Bertz CT molecular complexity index is 705. The van der Waals surface area contributed by atoms with Crippen molar-refractivity contribution < 1.29 is 9.59 Å². The molecule has 1 atom stereocenters. The van der Waals surface area contributed by atoms with E-state index < -0.39 is 6.03 Å². The van der Waals surface area contributed by atoms with Crippen molar-refractivity contribution in [2.45, 2.75) is 33.2 Å². The minimum atomic E-state index is -0.539. The molecule has 3 rings (SSSR count). The van der Waals surface area contributed by atoms with Gasteiger partial charge in [-0.2, -0.15) is 0 Å². The molecule has 1 aromatic rings. The molecule has 3 amide bonds. The lowest BCUT2D eigenvalue weighted by atomic mass is 10.1. The monoisotopic (exact) mass is 374 g/mol. The van der Waals surface area contributed by atoms with Crippen LogP contribution in [0.4, 0.5) is 16.2 Å². The molecule has 2 heterocycles. The highest BCUT2D eigenvalue weighted by Crippen LogP contribution is 2.26. The van der Waals surface area contributed by atoms with Crippen molar-refractivity contribution in [2.75, 3.05) is 43.4 Å². The van der Waals surface area contributed by atoms with Gasteiger partial charge in [0.15, 0.2) is 0 Å². The third kappa shape index (κ3) is 4.77. The van der Waals surface area contributed by atoms with Gasteiger partial charge < -0.3 is 15.5 Å². The summed E-state index contributed by atoms with van der Waals surface area (Å²) in [4.78, 5) is 26.9. The first-order chi connectivity index (χ1) is 13.0. The minimum absolute atomic E-state index is 0.0922. The fraction of sp³-hybridized carbons (Fsp3) is 0.526. The highest BCUT2D eigenvalue weighted by Gasteiger charge is 2.28. The van der Waals surface area contributed by atoms with Crippen molar-refractivity contribution in [1.82, 2.24) is 15.5 Å². The Morgan fingerprint density at radius 2 is 2.00 bits per heavy atom. The van der Waals surface area contributed by atoms with E-state index in [1.54, 1.807) is 7.05 Å². The van der Waals surface area contributed by atoms with Gasteiger partial charge in [-0.3, -0.25) is 20.4 Å². The van der Waals surface area contributed by atoms with E-state index in [2.05, 4.69) is 27.8 Å². The van der Waals surface area contributed by atoms with E-state index in [-0.39, 0.29) is 24.7 Å². The summed E-state index contributed by atoms with van der Waals surface area (Å²) >= 11 is 0. The summed E-state index contributed by atoms with van der Waals surface area (Å²) in [5, 5.41) is 17.2. The van der Waals surface area contributed by atoms with Crippen LogP contribution in [-0.4, -0.2) is 61.9 Å². The van der Waals surface area contributed by atoms with Crippen LogP contribution in [0.1, 0.15) is 32.8 Å². The van der Waals surface area contributed by atoms with Crippen molar-refractivity contribution in [3.05, 3.63) is 23.8 Å². The lowest BCUT2D eigenvalue weighted by Gasteiger charge is -2.34. The minimum Gasteiger partial charge on any atom is -0.387 e. The number of amidine groups is 1. The van der Waals surface area contributed by atoms with E-state index in [0.717, 1.165) is 31.0 Å². The predicted octanol–water partition coefficient (Wildman–Crippen LogP) is 1.82. The third-order valence-electron chi connectivity index (χ3n) is 4.59. The molecule has 0 aliphatic carbocycles. The van der Waals surface area contributed by atoms with E-state index in [1.807, 2.05) is 32.0 Å². The fourth-order valence-corrected chi connectivity index (χ4v) is 3.23. The number of carbonyl (C=O) groups is 2. The van der Waals surface area contributed by atoms with E-state index >= 15 is 0 Å². The molecule has 2 aliphatic rings. The van der Waals surface area contributed by atoms with Crippen LogP contribution < -0.4 is 20.9 Å². The van der Waals surface area contributed by atoms with Crippen LogP contribution in [0.5, 0.6) is 0 Å². The molecule has 2 saturated heterocycles. The number of rotatable bonds is 3. The Morgan fingerprint density at radius 3 is 2.63 bits per heavy atom. The smallest absolute Gasteiger partial charge is 0.329 e. The van der Waals surface area contributed by atoms with Crippen LogP contribution in [-0.2, 0) is 4.79 Å². The Kier molecular flexibility index (Phi) is 7.18. The number of carbonyl (C=O) groups excluding carboxylic acids is 2. The highest BCUT2D eigenvalue weighted by molar-refractivity contribution is 6.12. The maximum Gasteiger partial charge on any atom is 0.329 e. The number of imide groups is 1. The molecule has 8 heteroatoms. The summed E-state index contributed by atoms with van der Waals surface area (Å²) in [6.07, 6.45) is 0.208. The molecule has 2 aliphatic heterocycles. The van der Waals surface area contributed by atoms with Gasteiger partial charge in [-0.15, -0.1) is 0 Å². The zero-order valence-electron chi connectivity index (χ0n) is 16.6. The number of urea groups is 1. The molecular formula is C19H30N6O2. The first-order valence-electron chi connectivity index (χ1n) is 9.50. The molecule has 0 radical (unpaired) electrons. The molecule has 8 nitrogen and oxygen atoms in total. The maximum absolute atomic E-state index is 12.0. The number of anilines is 2. The number of benzene rings is 1. The molecule has 27 heavy (non-hydrogen) atoms. The molecule has 2 fully saturated rings. The van der Waals surface area contributed by atoms with Crippen molar-refractivity contribution in [2.24, 2.45) is 0 Å². The van der Waals surface area contributed by atoms with Crippen LogP contribution in [0.3, 0.4) is 0 Å². The molecule has 0 bridgehead atoms. The quantitative estimate of drug-likeness (QED) is 0.478. The second kappa shape index (κ2) is 9.36. The van der Waals surface area contributed by atoms with Crippen LogP contribution in [0.15, 0.2) is 18.2 Å². The Hall–Kier alpha value is -2.61. The summed E-state index contributed by atoms with van der Waals surface area (Å²) in [5.41, 5.74) is 2.52. The topological polar surface area (TPSA) is 101 Å². The van der Waals surface area contributed by atoms with Crippen LogP contribution in [0.25, 0.3) is 0 Å². The Labute approximate surface area is 160 Å². The summed E-state index contributed by atoms with van der Waals surface area (Å²) in [6.45, 7) is 9.18. The fourth-order valence-electron chi connectivity index (χ4n) is 3.23. The van der Waals surface area contributed by atoms with Gasteiger partial charge in [0.25, 0.3) is 0 Å². The van der Waals surface area contributed by atoms with Crippen LogP contribution in [0, 0.1) is 5.41 Å². The van der Waals surface area contributed by atoms with Crippen LogP contribution in [0.2, 0.25) is 0 Å². The van der Waals surface area contributed by atoms with E-state index in [0.29, 0.717) is 11.6 Å². The first-order valence-corrected chi connectivity index (χ1v) is 9.50. The standard InChI is InChI=1S/C17H24N6O2.C2H6/c1-11-10-22(8-6-20-11)12-3-4-13(14(9-12)19-2)16(18)23-7-5-15(24)21-17(23)25;1-2/h3-4,9,11,18-20H,5-8,10H2,1-2H3,(H,21,24,25);1-2H3. The van der Waals surface area contributed by atoms with Gasteiger partial charge in [0.05, 0.1) is 0 Å².